The lowest BCUT2D eigenvalue weighted by Crippen LogP contribution is -2.45. The van der Waals surface area contributed by atoms with Crippen molar-refractivity contribution in [2.24, 2.45) is 5.92 Å². The Morgan fingerprint density at radius 2 is 1.73 bits per heavy atom. The van der Waals surface area contributed by atoms with E-state index in [1.54, 1.807) is 12.1 Å². The summed E-state index contributed by atoms with van der Waals surface area (Å²) in [7, 11) is 0. The fourth-order valence-electron chi connectivity index (χ4n) is 3.18. The SMILES string of the molecule is Cl.Cl.FC(F)C(F)(F)Oc1ccccc1[C@H](CC1CC1)N1CCNCC1. The van der Waals surface area contributed by atoms with Crippen molar-refractivity contribution in [1.29, 1.82) is 0 Å². The molecule has 150 valence electrons. The van der Waals surface area contributed by atoms with Gasteiger partial charge in [-0.2, -0.15) is 17.6 Å². The molecule has 1 aromatic rings. The Labute approximate surface area is 163 Å². The molecule has 2 fully saturated rings. The van der Waals surface area contributed by atoms with Gasteiger partial charge in [-0.25, -0.2) is 0 Å². The Kier molecular flexibility index (Phi) is 8.93. The second-order valence-electron chi connectivity index (χ2n) is 6.48. The molecule has 2 aliphatic rings. The van der Waals surface area contributed by atoms with E-state index in [1.807, 2.05) is 0 Å². The predicted molar refractivity (Wildman–Crippen MR) is 97.0 cm³/mol. The summed E-state index contributed by atoms with van der Waals surface area (Å²) in [6, 6.07) is 6.26. The van der Waals surface area contributed by atoms with Crippen LogP contribution in [0.15, 0.2) is 24.3 Å². The van der Waals surface area contributed by atoms with E-state index in [0.29, 0.717) is 11.5 Å². The van der Waals surface area contributed by atoms with E-state index >= 15 is 0 Å². The molecule has 1 N–H and O–H groups in total. The van der Waals surface area contributed by atoms with Crippen molar-refractivity contribution in [3.8, 4) is 5.75 Å². The number of hydrogen-bond acceptors (Lipinski definition) is 3. The highest BCUT2D eigenvalue weighted by Crippen LogP contribution is 2.43. The van der Waals surface area contributed by atoms with Crippen molar-refractivity contribution in [1.82, 2.24) is 10.2 Å². The molecular formula is C17H24Cl2F4N2O. The van der Waals surface area contributed by atoms with Crippen LogP contribution >= 0.6 is 24.8 Å². The molecule has 1 heterocycles. The van der Waals surface area contributed by atoms with Crippen LogP contribution in [0.25, 0.3) is 0 Å². The molecule has 0 amide bonds. The summed E-state index contributed by atoms with van der Waals surface area (Å²) in [5.74, 6) is 0.431. The van der Waals surface area contributed by atoms with Crippen LogP contribution in [0.5, 0.6) is 5.75 Å². The topological polar surface area (TPSA) is 24.5 Å². The van der Waals surface area contributed by atoms with Crippen LogP contribution in [-0.2, 0) is 0 Å². The smallest absolute Gasteiger partial charge is 0.428 e. The summed E-state index contributed by atoms with van der Waals surface area (Å²) in [5, 5.41) is 3.27. The molecule has 1 aliphatic carbocycles. The average molecular weight is 419 g/mol. The number of piperazine rings is 1. The number of para-hydroxylation sites is 1. The van der Waals surface area contributed by atoms with Gasteiger partial charge in [-0.3, -0.25) is 4.90 Å². The lowest BCUT2D eigenvalue weighted by molar-refractivity contribution is -0.253. The normalized spacial score (nSPS) is 19.4. The van der Waals surface area contributed by atoms with E-state index in [2.05, 4.69) is 15.0 Å². The van der Waals surface area contributed by atoms with Crippen molar-refractivity contribution < 1.29 is 22.3 Å². The minimum absolute atomic E-state index is 0. The van der Waals surface area contributed by atoms with Crippen molar-refractivity contribution in [2.45, 2.75) is 37.8 Å². The summed E-state index contributed by atoms with van der Waals surface area (Å²) in [6.07, 6.45) is -5.21. The van der Waals surface area contributed by atoms with Gasteiger partial charge in [0.25, 0.3) is 0 Å². The monoisotopic (exact) mass is 418 g/mol. The molecule has 0 bridgehead atoms. The van der Waals surface area contributed by atoms with Crippen LogP contribution in [0.1, 0.15) is 30.9 Å². The maximum Gasteiger partial charge on any atom is 0.461 e. The van der Waals surface area contributed by atoms with Crippen LogP contribution in [0.2, 0.25) is 0 Å². The molecule has 26 heavy (non-hydrogen) atoms. The van der Waals surface area contributed by atoms with Gasteiger partial charge in [0.1, 0.15) is 5.75 Å². The first kappa shape index (κ1) is 23.3. The van der Waals surface area contributed by atoms with Crippen molar-refractivity contribution >= 4 is 24.8 Å². The number of hydrogen-bond donors (Lipinski definition) is 1. The zero-order chi connectivity index (χ0) is 17.2. The van der Waals surface area contributed by atoms with Crippen molar-refractivity contribution in [2.75, 3.05) is 26.2 Å². The summed E-state index contributed by atoms with van der Waals surface area (Å²) < 4.78 is 56.3. The largest absolute Gasteiger partial charge is 0.461 e. The van der Waals surface area contributed by atoms with Crippen LogP contribution < -0.4 is 10.1 Å². The van der Waals surface area contributed by atoms with Gasteiger partial charge in [0.05, 0.1) is 0 Å². The quantitative estimate of drug-likeness (QED) is 0.659. The number of alkyl halides is 4. The fourth-order valence-corrected chi connectivity index (χ4v) is 3.18. The van der Waals surface area contributed by atoms with Gasteiger partial charge in [-0.05, 0) is 18.4 Å². The van der Waals surface area contributed by atoms with Crippen LogP contribution in [-0.4, -0.2) is 43.6 Å². The summed E-state index contributed by atoms with van der Waals surface area (Å²) >= 11 is 0. The molecule has 1 aromatic carbocycles. The molecule has 1 saturated heterocycles. The number of ether oxygens (including phenoxy) is 1. The highest BCUT2D eigenvalue weighted by Gasteiger charge is 2.45. The van der Waals surface area contributed by atoms with E-state index in [4.69, 9.17) is 0 Å². The summed E-state index contributed by atoms with van der Waals surface area (Å²) in [4.78, 5) is 2.23. The summed E-state index contributed by atoms with van der Waals surface area (Å²) in [6.45, 7) is 3.27. The van der Waals surface area contributed by atoms with Gasteiger partial charge in [0.15, 0.2) is 0 Å². The molecule has 1 atom stereocenters. The number of rotatable bonds is 7. The number of nitrogens with one attached hydrogen (secondary N) is 1. The third-order valence-electron chi connectivity index (χ3n) is 4.62. The third-order valence-corrected chi connectivity index (χ3v) is 4.62. The van der Waals surface area contributed by atoms with Gasteiger partial charge in [-0.15, -0.1) is 24.8 Å². The number of halogens is 6. The second-order valence-corrected chi connectivity index (χ2v) is 6.48. The highest BCUT2D eigenvalue weighted by atomic mass is 35.5. The molecule has 9 heteroatoms. The first-order chi connectivity index (χ1) is 11.5. The summed E-state index contributed by atoms with van der Waals surface area (Å²) in [5.41, 5.74) is 0.576. The lowest BCUT2D eigenvalue weighted by Gasteiger charge is -2.36. The standard InChI is InChI=1S/C17H22F4N2O.2ClH/c18-16(19)17(20,21)24-15-4-2-1-3-13(15)14(11-12-5-6-12)23-9-7-22-8-10-23;;/h1-4,12,14,16,22H,5-11H2;2*1H/t14-;;/m0../s1. The minimum atomic E-state index is -4.48. The zero-order valence-corrected chi connectivity index (χ0v) is 15.8. The zero-order valence-electron chi connectivity index (χ0n) is 14.2. The molecule has 1 aliphatic heterocycles. The fraction of sp³-hybridized carbons (Fsp3) is 0.647. The molecule has 0 unspecified atom stereocenters. The number of benzene rings is 1. The molecule has 3 nitrogen and oxygen atoms in total. The van der Waals surface area contributed by atoms with Gasteiger partial charge in [0.2, 0.25) is 0 Å². The second kappa shape index (κ2) is 9.97. The molecule has 0 radical (unpaired) electrons. The third kappa shape index (κ3) is 5.87. The Morgan fingerprint density at radius 1 is 1.12 bits per heavy atom. The van der Waals surface area contributed by atoms with E-state index in [-0.39, 0.29) is 36.6 Å². The van der Waals surface area contributed by atoms with E-state index < -0.39 is 12.5 Å². The van der Waals surface area contributed by atoms with E-state index in [1.165, 1.54) is 12.1 Å². The van der Waals surface area contributed by atoms with Crippen LogP contribution in [0.4, 0.5) is 17.6 Å². The van der Waals surface area contributed by atoms with Crippen LogP contribution in [0.3, 0.4) is 0 Å². The van der Waals surface area contributed by atoms with Gasteiger partial charge >= 0.3 is 12.5 Å². The molecule has 0 aromatic heterocycles. The lowest BCUT2D eigenvalue weighted by atomic mass is 9.97. The maximum absolute atomic E-state index is 13.4. The molecule has 3 rings (SSSR count). The Balaban J connectivity index is 0.00000169. The van der Waals surface area contributed by atoms with E-state index in [9.17, 15) is 17.6 Å². The van der Waals surface area contributed by atoms with Crippen molar-refractivity contribution in [3.05, 3.63) is 29.8 Å². The van der Waals surface area contributed by atoms with Gasteiger partial charge in [-0.1, -0.05) is 31.0 Å². The molecule has 1 saturated carbocycles. The highest BCUT2D eigenvalue weighted by molar-refractivity contribution is 5.85. The first-order valence-electron chi connectivity index (χ1n) is 8.36. The first-order valence-corrected chi connectivity index (χ1v) is 8.36. The predicted octanol–water partition coefficient (Wildman–Crippen LogP) is 4.51. The van der Waals surface area contributed by atoms with E-state index in [0.717, 1.165) is 45.4 Å². The molecular weight excluding hydrogens is 395 g/mol. The molecule has 0 spiro atoms. The minimum Gasteiger partial charge on any atom is -0.428 e. The average Bonchev–Trinajstić information content (AvgIpc) is 3.38. The Morgan fingerprint density at radius 3 is 2.31 bits per heavy atom. The maximum atomic E-state index is 13.4. The van der Waals surface area contributed by atoms with Gasteiger partial charge in [0, 0.05) is 37.8 Å². The number of nitrogens with zero attached hydrogens (tertiary/aromatic N) is 1. The van der Waals surface area contributed by atoms with Crippen LogP contribution in [0, 0.1) is 5.92 Å². The van der Waals surface area contributed by atoms with Crippen molar-refractivity contribution in [3.63, 3.8) is 0 Å². The van der Waals surface area contributed by atoms with Gasteiger partial charge < -0.3 is 10.1 Å². The Hall–Kier alpha value is -0.760. The Bertz CT molecular complexity index is 555.